The topological polar surface area (TPSA) is 61.5 Å². The number of rotatable bonds is 6. The standard InChI is InChI=1S/C14H21NO3/c1-4-17-14(16)9-18-13-6-5-10(2)7-12(13)8-11(3)15/h5-7,11H,4,8-9,15H2,1-3H3. The third-order valence-corrected chi connectivity index (χ3v) is 2.41. The number of ether oxygens (including phenoxy) is 2. The summed E-state index contributed by atoms with van der Waals surface area (Å²) in [4.78, 5) is 11.2. The Kier molecular flexibility index (Phi) is 5.65. The smallest absolute Gasteiger partial charge is 0.344 e. The Labute approximate surface area is 108 Å². The van der Waals surface area contributed by atoms with Gasteiger partial charge in [-0.25, -0.2) is 4.79 Å². The van der Waals surface area contributed by atoms with Crippen molar-refractivity contribution >= 4 is 5.97 Å². The number of aryl methyl sites for hydroxylation is 1. The zero-order valence-electron chi connectivity index (χ0n) is 11.2. The quantitative estimate of drug-likeness (QED) is 0.783. The molecule has 0 radical (unpaired) electrons. The molecule has 18 heavy (non-hydrogen) atoms. The van der Waals surface area contributed by atoms with Crippen LogP contribution in [0.25, 0.3) is 0 Å². The molecule has 1 aromatic rings. The summed E-state index contributed by atoms with van der Waals surface area (Å²) in [6, 6.07) is 5.90. The lowest BCUT2D eigenvalue weighted by atomic mass is 10.0. The summed E-state index contributed by atoms with van der Waals surface area (Å²) in [5.74, 6) is 0.343. The Hall–Kier alpha value is -1.55. The van der Waals surface area contributed by atoms with Gasteiger partial charge >= 0.3 is 5.97 Å². The highest BCUT2D eigenvalue weighted by Crippen LogP contribution is 2.21. The summed E-state index contributed by atoms with van der Waals surface area (Å²) in [5.41, 5.74) is 7.97. The first kappa shape index (κ1) is 14.5. The summed E-state index contributed by atoms with van der Waals surface area (Å²) in [7, 11) is 0. The van der Waals surface area contributed by atoms with Gasteiger partial charge in [0.2, 0.25) is 0 Å². The number of hydrogen-bond donors (Lipinski definition) is 1. The zero-order chi connectivity index (χ0) is 13.5. The Bertz CT molecular complexity index is 402. The minimum Gasteiger partial charge on any atom is -0.482 e. The van der Waals surface area contributed by atoms with Crippen molar-refractivity contribution in [2.24, 2.45) is 5.73 Å². The van der Waals surface area contributed by atoms with Crippen LogP contribution in [0.2, 0.25) is 0 Å². The largest absolute Gasteiger partial charge is 0.482 e. The number of carbonyl (C=O) groups excluding carboxylic acids is 1. The summed E-state index contributed by atoms with van der Waals surface area (Å²) in [5, 5.41) is 0. The molecule has 0 aliphatic heterocycles. The third kappa shape index (κ3) is 4.75. The van der Waals surface area contributed by atoms with Crippen molar-refractivity contribution in [3.8, 4) is 5.75 Å². The number of nitrogens with two attached hydrogens (primary N) is 1. The summed E-state index contributed by atoms with van der Waals surface area (Å²) < 4.78 is 10.3. The molecule has 4 heteroatoms. The van der Waals surface area contributed by atoms with E-state index >= 15 is 0 Å². The van der Waals surface area contributed by atoms with Gasteiger partial charge in [0, 0.05) is 6.04 Å². The molecule has 0 aliphatic rings. The minimum absolute atomic E-state index is 0.0525. The number of esters is 1. The molecule has 1 rings (SSSR count). The monoisotopic (exact) mass is 251 g/mol. The maximum atomic E-state index is 11.2. The number of carbonyl (C=O) groups is 1. The molecule has 1 aromatic carbocycles. The maximum absolute atomic E-state index is 11.2. The highest BCUT2D eigenvalue weighted by Gasteiger charge is 2.09. The van der Waals surface area contributed by atoms with Crippen LogP contribution in [0.15, 0.2) is 18.2 Å². The molecule has 1 atom stereocenters. The molecule has 0 saturated carbocycles. The van der Waals surface area contributed by atoms with Crippen LogP contribution >= 0.6 is 0 Å². The predicted molar refractivity (Wildman–Crippen MR) is 70.7 cm³/mol. The first-order chi connectivity index (χ1) is 8.52. The van der Waals surface area contributed by atoms with Gasteiger partial charge in [-0.05, 0) is 38.8 Å². The van der Waals surface area contributed by atoms with E-state index in [1.165, 1.54) is 0 Å². The molecular weight excluding hydrogens is 230 g/mol. The molecule has 0 spiro atoms. The van der Waals surface area contributed by atoms with Gasteiger partial charge in [-0.2, -0.15) is 0 Å². The summed E-state index contributed by atoms with van der Waals surface area (Å²) in [6.45, 7) is 6.02. The van der Waals surface area contributed by atoms with Gasteiger partial charge < -0.3 is 15.2 Å². The Morgan fingerprint density at radius 2 is 2.17 bits per heavy atom. The molecule has 4 nitrogen and oxygen atoms in total. The predicted octanol–water partition coefficient (Wildman–Crippen LogP) is 1.83. The van der Waals surface area contributed by atoms with Crippen molar-refractivity contribution in [1.82, 2.24) is 0 Å². The lowest BCUT2D eigenvalue weighted by Gasteiger charge is -2.13. The fraction of sp³-hybridized carbons (Fsp3) is 0.500. The van der Waals surface area contributed by atoms with Crippen LogP contribution < -0.4 is 10.5 Å². The lowest BCUT2D eigenvalue weighted by molar-refractivity contribution is -0.145. The summed E-state index contributed by atoms with van der Waals surface area (Å²) in [6.07, 6.45) is 0.722. The van der Waals surface area contributed by atoms with Crippen molar-refractivity contribution in [1.29, 1.82) is 0 Å². The van der Waals surface area contributed by atoms with E-state index in [0.717, 1.165) is 17.5 Å². The number of benzene rings is 1. The van der Waals surface area contributed by atoms with Crippen LogP contribution in [0.3, 0.4) is 0 Å². The molecule has 100 valence electrons. The average Bonchev–Trinajstić information content (AvgIpc) is 2.27. The van der Waals surface area contributed by atoms with Crippen LogP contribution in [-0.2, 0) is 16.0 Å². The highest BCUT2D eigenvalue weighted by atomic mass is 16.6. The molecular formula is C14H21NO3. The van der Waals surface area contributed by atoms with Crippen LogP contribution in [-0.4, -0.2) is 25.2 Å². The van der Waals surface area contributed by atoms with Crippen molar-refractivity contribution in [3.05, 3.63) is 29.3 Å². The lowest BCUT2D eigenvalue weighted by Crippen LogP contribution is -2.19. The van der Waals surface area contributed by atoms with E-state index in [4.69, 9.17) is 15.2 Å². The van der Waals surface area contributed by atoms with Gasteiger partial charge in [0.1, 0.15) is 5.75 Å². The van der Waals surface area contributed by atoms with Crippen LogP contribution in [0.4, 0.5) is 0 Å². The van der Waals surface area contributed by atoms with Crippen LogP contribution in [0, 0.1) is 6.92 Å². The molecule has 2 N–H and O–H groups in total. The minimum atomic E-state index is -0.357. The van der Waals surface area contributed by atoms with Crippen molar-refractivity contribution in [2.75, 3.05) is 13.2 Å². The molecule has 0 heterocycles. The molecule has 0 aromatic heterocycles. The van der Waals surface area contributed by atoms with E-state index in [1.807, 2.05) is 32.0 Å². The molecule has 0 amide bonds. The van der Waals surface area contributed by atoms with E-state index in [1.54, 1.807) is 6.92 Å². The fourth-order valence-corrected chi connectivity index (χ4v) is 1.69. The average molecular weight is 251 g/mol. The van der Waals surface area contributed by atoms with Gasteiger partial charge in [0.15, 0.2) is 6.61 Å². The first-order valence-corrected chi connectivity index (χ1v) is 6.16. The van der Waals surface area contributed by atoms with Gasteiger partial charge in [-0.15, -0.1) is 0 Å². The second kappa shape index (κ2) is 7.01. The van der Waals surface area contributed by atoms with E-state index in [0.29, 0.717) is 12.4 Å². The number of hydrogen-bond acceptors (Lipinski definition) is 4. The highest BCUT2D eigenvalue weighted by molar-refractivity contribution is 5.71. The van der Waals surface area contributed by atoms with Crippen molar-refractivity contribution < 1.29 is 14.3 Å². The molecule has 0 fully saturated rings. The SMILES string of the molecule is CCOC(=O)COc1ccc(C)cc1CC(C)N. The van der Waals surface area contributed by atoms with E-state index in [2.05, 4.69) is 0 Å². The molecule has 0 bridgehead atoms. The van der Waals surface area contributed by atoms with E-state index < -0.39 is 0 Å². The maximum Gasteiger partial charge on any atom is 0.344 e. The first-order valence-electron chi connectivity index (χ1n) is 6.16. The van der Waals surface area contributed by atoms with Gasteiger partial charge in [0.05, 0.1) is 6.61 Å². The molecule has 0 aliphatic carbocycles. The van der Waals surface area contributed by atoms with Gasteiger partial charge in [0.25, 0.3) is 0 Å². The molecule has 1 unspecified atom stereocenters. The Morgan fingerprint density at radius 3 is 2.78 bits per heavy atom. The Balaban J connectivity index is 2.71. The molecule has 0 saturated heterocycles. The summed E-state index contributed by atoms with van der Waals surface area (Å²) >= 11 is 0. The normalized spacial score (nSPS) is 12.0. The second-order valence-electron chi connectivity index (χ2n) is 4.39. The van der Waals surface area contributed by atoms with Crippen molar-refractivity contribution in [3.63, 3.8) is 0 Å². The zero-order valence-corrected chi connectivity index (χ0v) is 11.2. The van der Waals surface area contributed by atoms with Gasteiger partial charge in [-0.3, -0.25) is 0 Å². The van der Waals surface area contributed by atoms with Crippen molar-refractivity contribution in [2.45, 2.75) is 33.2 Å². The second-order valence-corrected chi connectivity index (χ2v) is 4.39. The van der Waals surface area contributed by atoms with Crippen LogP contribution in [0.1, 0.15) is 25.0 Å². The third-order valence-electron chi connectivity index (χ3n) is 2.41. The van der Waals surface area contributed by atoms with E-state index in [9.17, 15) is 4.79 Å². The van der Waals surface area contributed by atoms with Crippen LogP contribution in [0.5, 0.6) is 5.75 Å². The van der Waals surface area contributed by atoms with Gasteiger partial charge in [-0.1, -0.05) is 17.7 Å². The Morgan fingerprint density at radius 1 is 1.44 bits per heavy atom. The fourth-order valence-electron chi connectivity index (χ4n) is 1.69. The van der Waals surface area contributed by atoms with E-state index in [-0.39, 0.29) is 18.6 Å².